The molecule has 0 unspecified atom stereocenters. The fraction of sp³-hybridized carbons (Fsp3) is 0.650. The van der Waals surface area contributed by atoms with Crippen molar-refractivity contribution in [1.82, 2.24) is 15.1 Å². The van der Waals surface area contributed by atoms with Crippen LogP contribution in [0, 0.1) is 0 Å². The summed E-state index contributed by atoms with van der Waals surface area (Å²) in [4.78, 5) is 9.02. The van der Waals surface area contributed by atoms with Crippen LogP contribution in [-0.2, 0) is 16.4 Å². The van der Waals surface area contributed by atoms with Crippen molar-refractivity contribution >= 4 is 39.8 Å². The first-order valence-electron chi connectivity index (χ1n) is 10.0. The van der Waals surface area contributed by atoms with Crippen molar-refractivity contribution in [2.24, 2.45) is 4.99 Å². The second-order valence-corrected chi connectivity index (χ2v) is 9.42. The summed E-state index contributed by atoms with van der Waals surface area (Å²) in [7, 11) is 1.81. The minimum atomic E-state index is -3.02. The van der Waals surface area contributed by atoms with Gasteiger partial charge in [0.25, 0.3) is 0 Å². The quantitative estimate of drug-likeness (QED) is 0.271. The Balaban J connectivity index is 0.00000480. The van der Waals surface area contributed by atoms with E-state index in [0.29, 0.717) is 17.2 Å². The Kier molecular flexibility index (Phi) is 11.7. The van der Waals surface area contributed by atoms with Gasteiger partial charge in [0.2, 0.25) is 5.75 Å². The van der Waals surface area contributed by atoms with Crippen molar-refractivity contribution < 1.29 is 22.6 Å². The molecular formula is C20H35IN4O5S. The Bertz CT molecular complexity index is 802. The van der Waals surface area contributed by atoms with E-state index in [2.05, 4.69) is 20.1 Å². The number of nitrogens with zero attached hydrogens (tertiary/aromatic N) is 3. The molecule has 1 N–H and O–H groups in total. The molecule has 2 rings (SSSR count). The zero-order valence-corrected chi connectivity index (χ0v) is 22.2. The number of halogens is 1. The molecule has 0 spiro atoms. The van der Waals surface area contributed by atoms with Crippen molar-refractivity contribution in [2.45, 2.75) is 13.5 Å². The highest BCUT2D eigenvalue weighted by Crippen LogP contribution is 2.38. The van der Waals surface area contributed by atoms with Crippen molar-refractivity contribution in [3.05, 3.63) is 17.7 Å². The first kappa shape index (κ1) is 27.6. The van der Waals surface area contributed by atoms with E-state index in [9.17, 15) is 8.42 Å². The summed E-state index contributed by atoms with van der Waals surface area (Å²) >= 11 is 0. The maximum atomic E-state index is 11.4. The van der Waals surface area contributed by atoms with Crippen LogP contribution in [0.3, 0.4) is 0 Å². The molecule has 0 radical (unpaired) electrons. The molecule has 0 bridgehead atoms. The van der Waals surface area contributed by atoms with Crippen LogP contribution in [0.5, 0.6) is 17.2 Å². The minimum absolute atomic E-state index is 0. The summed E-state index contributed by atoms with van der Waals surface area (Å²) in [6.45, 7) is 7.15. The minimum Gasteiger partial charge on any atom is -0.493 e. The lowest BCUT2D eigenvalue weighted by atomic mass is 10.1. The summed E-state index contributed by atoms with van der Waals surface area (Å²) in [6.07, 6.45) is 1.23. The number of rotatable bonds is 9. The van der Waals surface area contributed by atoms with Crippen LogP contribution in [0.15, 0.2) is 17.1 Å². The third-order valence-electron chi connectivity index (χ3n) is 4.86. The number of piperazine rings is 1. The molecule has 1 aliphatic rings. The zero-order chi connectivity index (χ0) is 22.1. The largest absolute Gasteiger partial charge is 0.493 e. The van der Waals surface area contributed by atoms with Gasteiger partial charge in [0.1, 0.15) is 9.84 Å². The molecule has 1 fully saturated rings. The molecule has 1 aliphatic heterocycles. The molecule has 1 saturated heterocycles. The summed E-state index contributed by atoms with van der Waals surface area (Å²) in [5.74, 6) is 2.72. The Hall–Kier alpha value is -1.47. The van der Waals surface area contributed by atoms with Crippen molar-refractivity contribution in [2.75, 3.05) is 72.6 Å². The third kappa shape index (κ3) is 8.53. The maximum Gasteiger partial charge on any atom is 0.203 e. The number of aliphatic imine (C=N–C) groups is 1. The molecule has 0 amide bonds. The number of sulfone groups is 1. The van der Waals surface area contributed by atoms with E-state index in [1.807, 2.05) is 19.1 Å². The van der Waals surface area contributed by atoms with Crippen LogP contribution in [0.25, 0.3) is 0 Å². The lowest BCUT2D eigenvalue weighted by Gasteiger charge is -2.36. The monoisotopic (exact) mass is 570 g/mol. The Labute approximate surface area is 203 Å². The lowest BCUT2D eigenvalue weighted by Crippen LogP contribution is -2.52. The molecule has 0 aliphatic carbocycles. The van der Waals surface area contributed by atoms with Gasteiger partial charge in [-0.3, -0.25) is 9.89 Å². The van der Waals surface area contributed by atoms with Gasteiger partial charge in [-0.05, 0) is 24.6 Å². The normalized spacial score (nSPS) is 15.3. The lowest BCUT2D eigenvalue weighted by molar-refractivity contribution is 0.172. The molecule has 0 atom stereocenters. The van der Waals surface area contributed by atoms with E-state index in [-0.39, 0.29) is 36.3 Å². The molecule has 11 heteroatoms. The van der Waals surface area contributed by atoms with Gasteiger partial charge in [0.05, 0.1) is 33.6 Å². The SMILES string of the molecule is CCNC(=NCCS(C)(=O)=O)N1CCN(Cc2cc(OC)c(OC)c(OC)c2)CC1.I. The number of hydrogen-bond donors (Lipinski definition) is 1. The second-order valence-electron chi connectivity index (χ2n) is 7.16. The predicted molar refractivity (Wildman–Crippen MR) is 134 cm³/mol. The number of ether oxygens (including phenoxy) is 3. The van der Waals surface area contributed by atoms with Crippen LogP contribution >= 0.6 is 24.0 Å². The molecule has 0 aromatic heterocycles. The third-order valence-corrected chi connectivity index (χ3v) is 5.79. The fourth-order valence-corrected chi connectivity index (χ4v) is 3.77. The van der Waals surface area contributed by atoms with E-state index < -0.39 is 9.84 Å². The van der Waals surface area contributed by atoms with Crippen LogP contribution < -0.4 is 19.5 Å². The van der Waals surface area contributed by atoms with E-state index in [1.165, 1.54) is 6.26 Å². The Morgan fingerprint density at radius 3 is 2.10 bits per heavy atom. The van der Waals surface area contributed by atoms with Gasteiger partial charge >= 0.3 is 0 Å². The summed E-state index contributed by atoms with van der Waals surface area (Å²) in [6, 6.07) is 3.95. The average molecular weight is 570 g/mol. The number of nitrogens with one attached hydrogen (secondary N) is 1. The van der Waals surface area contributed by atoms with E-state index in [1.54, 1.807) is 21.3 Å². The van der Waals surface area contributed by atoms with Crippen LogP contribution in [-0.4, -0.2) is 96.8 Å². The van der Waals surface area contributed by atoms with E-state index in [4.69, 9.17) is 14.2 Å². The van der Waals surface area contributed by atoms with Crippen molar-refractivity contribution in [3.63, 3.8) is 0 Å². The number of guanidine groups is 1. The Morgan fingerprint density at radius 2 is 1.65 bits per heavy atom. The maximum absolute atomic E-state index is 11.4. The standard InChI is InChI=1S/C20H34N4O5S.HI/c1-6-21-20(22-7-12-30(5,25)26)24-10-8-23(9-11-24)15-16-13-17(27-2)19(29-4)18(14-16)28-3;/h13-14H,6-12,15H2,1-5H3,(H,21,22);1H. The zero-order valence-electron chi connectivity index (χ0n) is 19.0. The smallest absolute Gasteiger partial charge is 0.203 e. The highest BCUT2D eigenvalue weighted by Gasteiger charge is 2.21. The fourth-order valence-electron chi connectivity index (χ4n) is 3.35. The molecular weight excluding hydrogens is 535 g/mol. The van der Waals surface area contributed by atoms with Gasteiger partial charge in [-0.25, -0.2) is 8.42 Å². The topological polar surface area (TPSA) is 92.7 Å². The first-order chi connectivity index (χ1) is 14.3. The first-order valence-corrected chi connectivity index (χ1v) is 12.1. The van der Waals surface area contributed by atoms with Crippen LogP contribution in [0.4, 0.5) is 0 Å². The van der Waals surface area contributed by atoms with Gasteiger partial charge in [-0.1, -0.05) is 0 Å². The number of hydrogen-bond acceptors (Lipinski definition) is 7. The highest BCUT2D eigenvalue weighted by molar-refractivity contribution is 14.0. The summed E-state index contributed by atoms with van der Waals surface area (Å²) < 4.78 is 39.0. The van der Waals surface area contributed by atoms with E-state index in [0.717, 1.165) is 50.8 Å². The second kappa shape index (κ2) is 13.2. The van der Waals surface area contributed by atoms with Crippen LogP contribution in [0.1, 0.15) is 12.5 Å². The van der Waals surface area contributed by atoms with Gasteiger partial charge in [-0.15, -0.1) is 24.0 Å². The summed E-state index contributed by atoms with van der Waals surface area (Å²) in [5, 5.41) is 3.26. The summed E-state index contributed by atoms with van der Waals surface area (Å²) in [5.41, 5.74) is 1.09. The highest BCUT2D eigenvalue weighted by atomic mass is 127. The molecule has 178 valence electrons. The molecule has 1 aromatic carbocycles. The number of benzene rings is 1. The van der Waals surface area contributed by atoms with Gasteiger partial charge in [-0.2, -0.15) is 0 Å². The van der Waals surface area contributed by atoms with E-state index >= 15 is 0 Å². The average Bonchev–Trinajstić information content (AvgIpc) is 2.72. The molecule has 0 saturated carbocycles. The van der Waals surface area contributed by atoms with Gasteiger partial charge < -0.3 is 24.4 Å². The predicted octanol–water partition coefficient (Wildman–Crippen LogP) is 1.46. The molecule has 31 heavy (non-hydrogen) atoms. The molecule has 1 aromatic rings. The Morgan fingerprint density at radius 1 is 1.06 bits per heavy atom. The molecule has 9 nitrogen and oxygen atoms in total. The number of methoxy groups -OCH3 is 3. The van der Waals surface area contributed by atoms with Crippen molar-refractivity contribution in [3.8, 4) is 17.2 Å². The van der Waals surface area contributed by atoms with Gasteiger partial charge in [0, 0.05) is 45.5 Å². The van der Waals surface area contributed by atoms with Crippen LogP contribution in [0.2, 0.25) is 0 Å². The van der Waals surface area contributed by atoms with Crippen molar-refractivity contribution in [1.29, 1.82) is 0 Å². The molecule has 1 heterocycles. The van der Waals surface area contributed by atoms with Gasteiger partial charge in [0.15, 0.2) is 17.5 Å².